The second-order valence-electron chi connectivity index (χ2n) is 6.71. The Labute approximate surface area is 104 Å². The van der Waals surface area contributed by atoms with E-state index in [1.807, 2.05) is 0 Å². The Bertz CT molecular complexity index is 325. The Morgan fingerprint density at radius 2 is 2.24 bits per heavy atom. The van der Waals surface area contributed by atoms with Gasteiger partial charge in [0.05, 0.1) is 6.61 Å². The largest absolute Gasteiger partial charge is 0.466 e. The van der Waals surface area contributed by atoms with E-state index in [0.717, 1.165) is 30.1 Å². The number of carbonyl (C=O) groups is 1. The first-order valence-electron chi connectivity index (χ1n) is 7.25. The van der Waals surface area contributed by atoms with Gasteiger partial charge in [0.15, 0.2) is 0 Å². The molecule has 0 aromatic rings. The molecular weight excluding hydrogens is 212 g/mol. The lowest BCUT2D eigenvalue weighted by Gasteiger charge is -2.34. The predicted molar refractivity (Wildman–Crippen MR) is 66.4 cm³/mol. The van der Waals surface area contributed by atoms with Crippen LogP contribution in [0.2, 0.25) is 0 Å². The van der Waals surface area contributed by atoms with Crippen LogP contribution in [0, 0.1) is 29.1 Å². The molecule has 2 bridgehead atoms. The smallest absolute Gasteiger partial charge is 0.302 e. The van der Waals surface area contributed by atoms with Gasteiger partial charge in [0.1, 0.15) is 0 Å². The maximum atomic E-state index is 10.8. The molecule has 2 nitrogen and oxygen atoms in total. The normalized spacial score (nSPS) is 47.2. The van der Waals surface area contributed by atoms with Crippen LogP contribution < -0.4 is 0 Å². The SMILES string of the molecule is CC(=O)OCCC1CC(C)C23CCC(CC12)C3. The summed E-state index contributed by atoms with van der Waals surface area (Å²) in [4.78, 5) is 10.8. The Hall–Kier alpha value is -0.530. The number of carbonyl (C=O) groups excluding carboxylic acids is 1. The summed E-state index contributed by atoms with van der Waals surface area (Å²) in [6, 6.07) is 0. The number of fused-ring (bicyclic) bond motifs is 1. The summed E-state index contributed by atoms with van der Waals surface area (Å²) in [7, 11) is 0. The van der Waals surface area contributed by atoms with Crippen molar-refractivity contribution in [2.45, 2.75) is 52.4 Å². The molecule has 0 radical (unpaired) electrons. The van der Waals surface area contributed by atoms with Crippen LogP contribution in [0.15, 0.2) is 0 Å². The van der Waals surface area contributed by atoms with E-state index in [4.69, 9.17) is 4.74 Å². The molecule has 3 aliphatic rings. The van der Waals surface area contributed by atoms with E-state index < -0.39 is 0 Å². The van der Waals surface area contributed by atoms with Gasteiger partial charge in [0, 0.05) is 6.92 Å². The van der Waals surface area contributed by atoms with Gasteiger partial charge in [-0.2, -0.15) is 0 Å². The van der Waals surface area contributed by atoms with Crippen LogP contribution in [0.5, 0.6) is 0 Å². The van der Waals surface area contributed by atoms with Crippen molar-refractivity contribution in [1.82, 2.24) is 0 Å². The van der Waals surface area contributed by atoms with Crippen LogP contribution in [0.1, 0.15) is 52.4 Å². The van der Waals surface area contributed by atoms with Crippen LogP contribution in [0.25, 0.3) is 0 Å². The fourth-order valence-electron chi connectivity index (χ4n) is 5.35. The summed E-state index contributed by atoms with van der Waals surface area (Å²) in [5.74, 6) is 3.58. The maximum absolute atomic E-state index is 10.8. The standard InChI is InChI=1S/C15H24O2/c1-10-7-13(4-6-17-11(2)16)14-8-12-3-5-15(10,14)9-12/h10,12-14H,3-9H2,1-2H3. The highest BCUT2D eigenvalue weighted by molar-refractivity contribution is 5.65. The number of hydrogen-bond acceptors (Lipinski definition) is 2. The average Bonchev–Trinajstić information content (AvgIpc) is 2.90. The molecule has 17 heavy (non-hydrogen) atoms. The van der Waals surface area contributed by atoms with Crippen molar-refractivity contribution in [3.63, 3.8) is 0 Å². The molecule has 1 spiro atoms. The Kier molecular flexibility index (Phi) is 2.72. The molecule has 0 N–H and O–H groups in total. The van der Waals surface area contributed by atoms with Gasteiger partial charge in [-0.15, -0.1) is 0 Å². The van der Waals surface area contributed by atoms with Gasteiger partial charge in [-0.05, 0) is 67.6 Å². The molecule has 0 amide bonds. The topological polar surface area (TPSA) is 26.3 Å². The molecule has 0 aromatic carbocycles. The van der Waals surface area contributed by atoms with Gasteiger partial charge in [-0.3, -0.25) is 4.79 Å². The van der Waals surface area contributed by atoms with Gasteiger partial charge in [0.2, 0.25) is 0 Å². The highest BCUT2D eigenvalue weighted by Crippen LogP contribution is 2.69. The molecule has 2 heteroatoms. The van der Waals surface area contributed by atoms with Gasteiger partial charge < -0.3 is 4.74 Å². The zero-order valence-corrected chi connectivity index (χ0v) is 11.1. The van der Waals surface area contributed by atoms with Crippen LogP contribution in [0.3, 0.4) is 0 Å². The molecule has 0 aliphatic heterocycles. The average molecular weight is 236 g/mol. The van der Waals surface area contributed by atoms with Gasteiger partial charge >= 0.3 is 5.97 Å². The van der Waals surface area contributed by atoms with Crippen molar-refractivity contribution in [3.8, 4) is 0 Å². The van der Waals surface area contributed by atoms with Crippen molar-refractivity contribution < 1.29 is 9.53 Å². The molecule has 0 aromatic heterocycles. The van der Waals surface area contributed by atoms with Crippen LogP contribution in [-0.4, -0.2) is 12.6 Å². The monoisotopic (exact) mass is 236 g/mol. The molecule has 3 aliphatic carbocycles. The number of ether oxygens (including phenoxy) is 1. The summed E-state index contributed by atoms with van der Waals surface area (Å²) in [6.07, 6.45) is 8.41. The fourth-order valence-corrected chi connectivity index (χ4v) is 5.35. The van der Waals surface area contributed by atoms with E-state index in [2.05, 4.69) is 6.92 Å². The lowest BCUT2D eigenvalue weighted by molar-refractivity contribution is -0.141. The van der Waals surface area contributed by atoms with Crippen molar-refractivity contribution in [2.24, 2.45) is 29.1 Å². The third-order valence-electron chi connectivity index (χ3n) is 6.01. The number of rotatable bonds is 3. The predicted octanol–water partition coefficient (Wildman–Crippen LogP) is 3.40. The quantitative estimate of drug-likeness (QED) is 0.702. The Morgan fingerprint density at radius 1 is 1.41 bits per heavy atom. The summed E-state index contributed by atoms with van der Waals surface area (Å²) in [5.41, 5.74) is 0.700. The van der Waals surface area contributed by atoms with E-state index >= 15 is 0 Å². The third kappa shape index (κ3) is 1.71. The second kappa shape index (κ2) is 4.00. The lowest BCUT2D eigenvalue weighted by atomic mass is 9.71. The highest BCUT2D eigenvalue weighted by atomic mass is 16.5. The van der Waals surface area contributed by atoms with Gasteiger partial charge in [0.25, 0.3) is 0 Å². The third-order valence-corrected chi connectivity index (χ3v) is 6.01. The molecule has 3 saturated carbocycles. The second-order valence-corrected chi connectivity index (χ2v) is 6.71. The molecule has 3 fully saturated rings. The molecule has 0 saturated heterocycles. The van der Waals surface area contributed by atoms with Crippen LogP contribution >= 0.6 is 0 Å². The molecular formula is C15H24O2. The molecule has 96 valence electrons. The Morgan fingerprint density at radius 3 is 2.94 bits per heavy atom. The summed E-state index contributed by atoms with van der Waals surface area (Å²) in [6.45, 7) is 4.62. The van der Waals surface area contributed by atoms with E-state index in [1.54, 1.807) is 0 Å². The van der Waals surface area contributed by atoms with Gasteiger partial charge in [-0.1, -0.05) is 6.92 Å². The molecule has 3 rings (SSSR count). The lowest BCUT2D eigenvalue weighted by Crippen LogP contribution is -2.27. The van der Waals surface area contributed by atoms with Crippen molar-refractivity contribution in [2.75, 3.05) is 6.61 Å². The van der Waals surface area contributed by atoms with E-state index in [1.165, 1.54) is 39.0 Å². The Balaban J connectivity index is 1.63. The summed E-state index contributed by atoms with van der Waals surface area (Å²) < 4.78 is 5.13. The van der Waals surface area contributed by atoms with Crippen molar-refractivity contribution >= 4 is 5.97 Å². The minimum Gasteiger partial charge on any atom is -0.466 e. The maximum Gasteiger partial charge on any atom is 0.302 e. The first-order chi connectivity index (χ1) is 8.12. The molecule has 5 atom stereocenters. The van der Waals surface area contributed by atoms with E-state index in [0.29, 0.717) is 12.0 Å². The van der Waals surface area contributed by atoms with E-state index in [-0.39, 0.29) is 5.97 Å². The van der Waals surface area contributed by atoms with Crippen molar-refractivity contribution in [1.29, 1.82) is 0 Å². The van der Waals surface area contributed by atoms with Crippen LogP contribution in [-0.2, 0) is 9.53 Å². The summed E-state index contributed by atoms with van der Waals surface area (Å²) >= 11 is 0. The molecule has 0 heterocycles. The zero-order chi connectivity index (χ0) is 12.0. The first-order valence-corrected chi connectivity index (χ1v) is 7.25. The van der Waals surface area contributed by atoms with Crippen molar-refractivity contribution in [3.05, 3.63) is 0 Å². The number of esters is 1. The van der Waals surface area contributed by atoms with E-state index in [9.17, 15) is 4.79 Å². The van der Waals surface area contributed by atoms with Crippen LogP contribution in [0.4, 0.5) is 0 Å². The summed E-state index contributed by atoms with van der Waals surface area (Å²) in [5, 5.41) is 0. The zero-order valence-electron chi connectivity index (χ0n) is 11.1. The highest BCUT2D eigenvalue weighted by Gasteiger charge is 2.60. The minimum atomic E-state index is -0.126. The molecule has 5 unspecified atom stereocenters. The fraction of sp³-hybridized carbons (Fsp3) is 0.933. The first kappa shape index (κ1) is 11.6. The number of hydrogen-bond donors (Lipinski definition) is 0. The minimum absolute atomic E-state index is 0.126. The van der Waals surface area contributed by atoms with Gasteiger partial charge in [-0.25, -0.2) is 0 Å².